The Labute approximate surface area is 95.3 Å². The zero-order chi connectivity index (χ0) is 10.8. The maximum atomic E-state index is 5.45. The smallest absolute Gasteiger partial charge is 0.134 e. The van der Waals surface area contributed by atoms with E-state index in [9.17, 15) is 0 Å². The summed E-state index contributed by atoms with van der Waals surface area (Å²) in [5.74, 6) is 0.952. The summed E-state index contributed by atoms with van der Waals surface area (Å²) in [5, 5.41) is 3.53. The molecule has 1 fully saturated rings. The van der Waals surface area contributed by atoms with E-state index >= 15 is 0 Å². The van der Waals surface area contributed by atoms with Crippen molar-refractivity contribution in [1.29, 1.82) is 0 Å². The zero-order valence-corrected chi connectivity index (χ0v) is 9.15. The number of hydrogen-bond donors (Lipinski definition) is 1. The lowest BCUT2D eigenvalue weighted by Gasteiger charge is -2.07. The topological polar surface area (TPSA) is 25.2 Å². The third kappa shape index (κ3) is 2.02. The van der Waals surface area contributed by atoms with Crippen LogP contribution in [0.15, 0.2) is 47.1 Å². The van der Waals surface area contributed by atoms with Crippen LogP contribution in [0.1, 0.15) is 18.4 Å². The molecule has 0 radical (unpaired) electrons. The third-order valence-electron chi connectivity index (χ3n) is 2.96. The van der Waals surface area contributed by atoms with Crippen LogP contribution in [0, 0.1) is 0 Å². The number of furan rings is 1. The number of hydrogen-bond acceptors (Lipinski definition) is 2. The molecule has 3 rings (SSSR count). The average molecular weight is 213 g/mol. The highest BCUT2D eigenvalue weighted by Crippen LogP contribution is 2.25. The lowest BCUT2D eigenvalue weighted by atomic mass is 10.1. The van der Waals surface area contributed by atoms with Gasteiger partial charge in [-0.25, -0.2) is 0 Å². The summed E-state index contributed by atoms with van der Waals surface area (Å²) < 4.78 is 5.45. The molecule has 0 saturated heterocycles. The number of nitrogens with one attached hydrogen (secondary N) is 1. The zero-order valence-electron chi connectivity index (χ0n) is 9.15. The van der Waals surface area contributed by atoms with E-state index in [0.29, 0.717) is 0 Å². The minimum Gasteiger partial charge on any atom is -0.464 e. The first-order valence-corrected chi connectivity index (χ1v) is 5.78. The average Bonchev–Trinajstić information content (AvgIpc) is 3.00. The van der Waals surface area contributed by atoms with Crippen molar-refractivity contribution in [2.24, 2.45) is 0 Å². The van der Waals surface area contributed by atoms with Crippen LogP contribution in [0.3, 0.4) is 0 Å². The molecule has 2 aromatic rings. The molecular weight excluding hydrogens is 198 g/mol. The van der Waals surface area contributed by atoms with Gasteiger partial charge >= 0.3 is 0 Å². The summed E-state index contributed by atoms with van der Waals surface area (Å²) in [7, 11) is 0. The second-order valence-electron chi connectivity index (χ2n) is 4.29. The van der Waals surface area contributed by atoms with E-state index in [1.54, 1.807) is 6.26 Å². The minimum atomic E-state index is 0.740. The SMILES string of the molecule is c1coc(-c2ccccc2CNC2CC2)c1. The first-order chi connectivity index (χ1) is 7.93. The molecule has 1 heterocycles. The summed E-state index contributed by atoms with van der Waals surface area (Å²) in [6, 6.07) is 13.1. The van der Waals surface area contributed by atoms with Gasteiger partial charge < -0.3 is 9.73 Å². The van der Waals surface area contributed by atoms with E-state index in [-0.39, 0.29) is 0 Å². The van der Waals surface area contributed by atoms with Gasteiger partial charge in [-0.1, -0.05) is 24.3 Å². The summed E-state index contributed by atoms with van der Waals surface area (Å²) >= 11 is 0. The van der Waals surface area contributed by atoms with Gasteiger partial charge in [-0.15, -0.1) is 0 Å². The third-order valence-corrected chi connectivity index (χ3v) is 2.96. The largest absolute Gasteiger partial charge is 0.464 e. The quantitative estimate of drug-likeness (QED) is 0.843. The summed E-state index contributed by atoms with van der Waals surface area (Å²) in [4.78, 5) is 0. The number of benzene rings is 1. The van der Waals surface area contributed by atoms with Crippen molar-refractivity contribution >= 4 is 0 Å². The minimum absolute atomic E-state index is 0.740. The van der Waals surface area contributed by atoms with Crippen LogP contribution in [0.5, 0.6) is 0 Å². The van der Waals surface area contributed by atoms with Gasteiger partial charge in [-0.3, -0.25) is 0 Å². The van der Waals surface area contributed by atoms with Gasteiger partial charge in [-0.2, -0.15) is 0 Å². The molecule has 1 N–H and O–H groups in total. The van der Waals surface area contributed by atoms with Crippen molar-refractivity contribution < 1.29 is 4.42 Å². The molecular formula is C14H15NO. The molecule has 2 heteroatoms. The van der Waals surface area contributed by atoms with E-state index in [2.05, 4.69) is 29.6 Å². The molecule has 1 aliphatic carbocycles. The van der Waals surface area contributed by atoms with Crippen molar-refractivity contribution in [2.75, 3.05) is 0 Å². The molecule has 0 bridgehead atoms. The van der Waals surface area contributed by atoms with Crippen LogP contribution >= 0.6 is 0 Å². The van der Waals surface area contributed by atoms with E-state index in [1.165, 1.54) is 24.0 Å². The predicted octanol–water partition coefficient (Wildman–Crippen LogP) is 3.20. The molecule has 0 aliphatic heterocycles. The summed E-state index contributed by atoms with van der Waals surface area (Å²) in [5.41, 5.74) is 2.50. The van der Waals surface area contributed by atoms with Gasteiger partial charge in [0.2, 0.25) is 0 Å². The van der Waals surface area contributed by atoms with Crippen LogP contribution in [0.4, 0.5) is 0 Å². The highest BCUT2D eigenvalue weighted by atomic mass is 16.3. The predicted molar refractivity (Wildman–Crippen MR) is 64.0 cm³/mol. The van der Waals surface area contributed by atoms with Crippen molar-refractivity contribution in [3.63, 3.8) is 0 Å². The standard InChI is InChI=1S/C14H15NO/c1-2-5-13(14-6-3-9-16-14)11(4-1)10-15-12-7-8-12/h1-6,9,12,15H,7-8,10H2. The van der Waals surface area contributed by atoms with Gasteiger partial charge in [0.15, 0.2) is 0 Å². The number of rotatable bonds is 4. The molecule has 1 aromatic carbocycles. The van der Waals surface area contributed by atoms with Gasteiger partial charge in [-0.05, 0) is 30.5 Å². The molecule has 0 atom stereocenters. The Morgan fingerprint density at radius 1 is 1.12 bits per heavy atom. The second kappa shape index (κ2) is 4.14. The lowest BCUT2D eigenvalue weighted by molar-refractivity contribution is 0.580. The Balaban J connectivity index is 1.85. The van der Waals surface area contributed by atoms with Gasteiger partial charge in [0.05, 0.1) is 6.26 Å². The van der Waals surface area contributed by atoms with Crippen LogP contribution in [-0.2, 0) is 6.54 Å². The fourth-order valence-corrected chi connectivity index (χ4v) is 1.89. The molecule has 1 aromatic heterocycles. The molecule has 16 heavy (non-hydrogen) atoms. The lowest BCUT2D eigenvalue weighted by Crippen LogP contribution is -2.15. The van der Waals surface area contributed by atoms with E-state index in [4.69, 9.17) is 4.42 Å². The van der Waals surface area contributed by atoms with Crippen molar-refractivity contribution in [1.82, 2.24) is 5.32 Å². The normalized spacial score (nSPS) is 15.2. The van der Waals surface area contributed by atoms with Crippen LogP contribution in [-0.4, -0.2) is 6.04 Å². The first-order valence-electron chi connectivity index (χ1n) is 5.78. The monoisotopic (exact) mass is 213 g/mol. The highest BCUT2D eigenvalue weighted by molar-refractivity contribution is 5.61. The summed E-state index contributed by atoms with van der Waals surface area (Å²) in [6.45, 7) is 0.932. The Morgan fingerprint density at radius 3 is 2.75 bits per heavy atom. The van der Waals surface area contributed by atoms with Crippen molar-refractivity contribution in [3.8, 4) is 11.3 Å². The van der Waals surface area contributed by atoms with Crippen LogP contribution in [0.25, 0.3) is 11.3 Å². The molecule has 0 spiro atoms. The molecule has 1 aliphatic rings. The molecule has 0 unspecified atom stereocenters. The summed E-state index contributed by atoms with van der Waals surface area (Å²) in [6.07, 6.45) is 4.37. The Kier molecular flexibility index (Phi) is 2.50. The molecule has 0 amide bonds. The van der Waals surface area contributed by atoms with Gasteiger partial charge in [0.25, 0.3) is 0 Å². The van der Waals surface area contributed by atoms with Gasteiger partial charge in [0, 0.05) is 18.2 Å². The van der Waals surface area contributed by atoms with Crippen molar-refractivity contribution in [2.45, 2.75) is 25.4 Å². The highest BCUT2D eigenvalue weighted by Gasteiger charge is 2.20. The molecule has 2 nitrogen and oxygen atoms in total. The van der Waals surface area contributed by atoms with Crippen LogP contribution in [0.2, 0.25) is 0 Å². The van der Waals surface area contributed by atoms with E-state index < -0.39 is 0 Å². The van der Waals surface area contributed by atoms with Gasteiger partial charge in [0.1, 0.15) is 5.76 Å². The Morgan fingerprint density at radius 2 is 2.00 bits per heavy atom. The van der Waals surface area contributed by atoms with Crippen LogP contribution < -0.4 is 5.32 Å². The first kappa shape index (κ1) is 9.67. The van der Waals surface area contributed by atoms with E-state index in [0.717, 1.165) is 18.3 Å². The second-order valence-corrected chi connectivity index (χ2v) is 4.29. The fourth-order valence-electron chi connectivity index (χ4n) is 1.89. The molecule has 82 valence electrons. The fraction of sp³-hybridized carbons (Fsp3) is 0.286. The van der Waals surface area contributed by atoms with Crippen molar-refractivity contribution in [3.05, 3.63) is 48.2 Å². The molecule has 1 saturated carbocycles. The Bertz CT molecular complexity index is 457. The maximum Gasteiger partial charge on any atom is 0.134 e. The van der Waals surface area contributed by atoms with E-state index in [1.807, 2.05) is 12.1 Å². The Hall–Kier alpha value is -1.54. The maximum absolute atomic E-state index is 5.45.